The molecular weight excluding hydrogens is 322 g/mol. The van der Waals surface area contributed by atoms with E-state index in [4.69, 9.17) is 9.26 Å². The molecule has 25 heavy (non-hydrogen) atoms. The van der Waals surface area contributed by atoms with E-state index in [2.05, 4.69) is 20.7 Å². The summed E-state index contributed by atoms with van der Waals surface area (Å²) in [4.78, 5) is 12.7. The Labute approximate surface area is 145 Å². The number of ether oxygens (including phenoxy) is 1. The molecule has 8 nitrogen and oxygen atoms in total. The Bertz CT molecular complexity index is 753. The van der Waals surface area contributed by atoms with Gasteiger partial charge in [0.05, 0.1) is 24.9 Å². The number of carbonyl (C=O) groups is 1. The summed E-state index contributed by atoms with van der Waals surface area (Å²) in [5, 5.41) is 15.3. The zero-order chi connectivity index (χ0) is 17.2. The van der Waals surface area contributed by atoms with E-state index in [1.165, 1.54) is 6.42 Å². The van der Waals surface area contributed by atoms with Gasteiger partial charge in [-0.2, -0.15) is 0 Å². The molecule has 134 valence electrons. The molecule has 4 rings (SSSR count). The molecule has 2 aromatic rings. The highest BCUT2D eigenvalue weighted by molar-refractivity contribution is 5.91. The quantitative estimate of drug-likeness (QED) is 0.897. The first-order chi connectivity index (χ1) is 12.2. The minimum Gasteiger partial charge on any atom is -0.379 e. The number of hydrogen-bond acceptors (Lipinski definition) is 6. The Hall–Kier alpha value is -2.22. The molecule has 0 aliphatic carbocycles. The van der Waals surface area contributed by atoms with Gasteiger partial charge in [-0.15, -0.1) is 10.2 Å². The van der Waals surface area contributed by atoms with E-state index in [-0.39, 0.29) is 17.9 Å². The second-order valence-electron chi connectivity index (χ2n) is 6.92. The lowest BCUT2D eigenvalue weighted by Gasteiger charge is -2.18. The summed E-state index contributed by atoms with van der Waals surface area (Å²) in [6.45, 7) is 3.81. The van der Waals surface area contributed by atoms with Gasteiger partial charge in [-0.3, -0.25) is 4.79 Å². The lowest BCUT2D eigenvalue weighted by molar-refractivity contribution is 0.0908. The minimum absolute atomic E-state index is 0.0587. The van der Waals surface area contributed by atoms with E-state index >= 15 is 0 Å². The smallest absolute Gasteiger partial charge is 0.289 e. The second kappa shape index (κ2) is 6.95. The highest BCUT2D eigenvalue weighted by Crippen LogP contribution is 2.21. The molecule has 4 heterocycles. The monoisotopic (exact) mass is 345 g/mol. The number of amides is 1. The number of fused-ring (bicyclic) bond motifs is 1. The van der Waals surface area contributed by atoms with Gasteiger partial charge in [0.1, 0.15) is 11.6 Å². The minimum atomic E-state index is -0.171. The van der Waals surface area contributed by atoms with E-state index in [1.54, 1.807) is 0 Å². The molecule has 8 heteroatoms. The molecule has 1 amide bonds. The van der Waals surface area contributed by atoms with Crippen molar-refractivity contribution >= 4 is 5.91 Å². The average molecular weight is 345 g/mol. The molecule has 0 bridgehead atoms. The van der Waals surface area contributed by atoms with Crippen molar-refractivity contribution < 1.29 is 14.1 Å². The summed E-state index contributed by atoms with van der Waals surface area (Å²) >= 11 is 0. The molecule has 2 aliphatic rings. The molecule has 0 saturated carbocycles. The fourth-order valence-electron chi connectivity index (χ4n) is 3.62. The highest BCUT2D eigenvalue weighted by Gasteiger charge is 2.32. The molecule has 1 N–H and O–H groups in total. The summed E-state index contributed by atoms with van der Waals surface area (Å²) in [5.41, 5.74) is 0.862. The first-order valence-corrected chi connectivity index (χ1v) is 8.93. The third-order valence-electron chi connectivity index (χ3n) is 4.97. The molecule has 2 atom stereocenters. The molecule has 0 unspecified atom stereocenters. The molecule has 2 aromatic heterocycles. The van der Waals surface area contributed by atoms with Crippen molar-refractivity contribution in [2.24, 2.45) is 5.92 Å². The number of aromatic nitrogens is 4. The predicted molar refractivity (Wildman–Crippen MR) is 88.1 cm³/mol. The topological polar surface area (TPSA) is 95.1 Å². The van der Waals surface area contributed by atoms with Crippen LogP contribution < -0.4 is 5.32 Å². The number of nitrogens with one attached hydrogen (secondary N) is 1. The van der Waals surface area contributed by atoms with Gasteiger partial charge < -0.3 is 19.1 Å². The lowest BCUT2D eigenvalue weighted by Crippen LogP contribution is -2.41. The maximum atomic E-state index is 12.7. The van der Waals surface area contributed by atoms with Crippen LogP contribution in [0.2, 0.25) is 0 Å². The highest BCUT2D eigenvalue weighted by atomic mass is 16.5. The maximum absolute atomic E-state index is 12.7. The molecule has 0 spiro atoms. The second-order valence-corrected chi connectivity index (χ2v) is 6.92. The zero-order valence-electron chi connectivity index (χ0n) is 14.4. The van der Waals surface area contributed by atoms with Crippen LogP contribution >= 0.6 is 0 Å². The van der Waals surface area contributed by atoms with Gasteiger partial charge in [0.15, 0.2) is 0 Å². The SMILES string of the molecule is Cc1cc(C[C@@H]2COC[C@@H]2NC(=O)c2nnc3n2CCCCC3)on1. The van der Waals surface area contributed by atoms with Crippen molar-refractivity contribution in [2.45, 2.75) is 51.6 Å². The number of carbonyl (C=O) groups excluding carboxylic acids is 1. The third-order valence-corrected chi connectivity index (χ3v) is 4.97. The van der Waals surface area contributed by atoms with Crippen LogP contribution in [-0.4, -0.2) is 45.1 Å². The Balaban J connectivity index is 1.44. The Morgan fingerprint density at radius 1 is 1.32 bits per heavy atom. The average Bonchev–Trinajstić information content (AvgIpc) is 3.26. The van der Waals surface area contributed by atoms with Gasteiger partial charge in [0.2, 0.25) is 5.82 Å². The fourth-order valence-corrected chi connectivity index (χ4v) is 3.62. The molecule has 2 aliphatic heterocycles. The van der Waals surface area contributed by atoms with Gasteiger partial charge in [0, 0.05) is 31.4 Å². The van der Waals surface area contributed by atoms with E-state index in [0.29, 0.717) is 25.5 Å². The van der Waals surface area contributed by atoms with E-state index in [0.717, 1.165) is 43.1 Å². The summed E-state index contributed by atoms with van der Waals surface area (Å²) in [6, 6.07) is 1.87. The Morgan fingerprint density at radius 3 is 3.08 bits per heavy atom. The number of nitrogens with zero attached hydrogens (tertiary/aromatic N) is 4. The summed E-state index contributed by atoms with van der Waals surface area (Å²) in [5.74, 6) is 2.15. The van der Waals surface area contributed by atoms with E-state index < -0.39 is 0 Å². The maximum Gasteiger partial charge on any atom is 0.289 e. The Kier molecular flexibility index (Phi) is 4.52. The summed E-state index contributed by atoms with van der Waals surface area (Å²) in [7, 11) is 0. The molecule has 1 fully saturated rings. The number of aryl methyl sites for hydroxylation is 2. The molecular formula is C17H23N5O3. The first-order valence-electron chi connectivity index (χ1n) is 8.93. The van der Waals surface area contributed by atoms with Crippen molar-refractivity contribution in [1.82, 2.24) is 25.2 Å². The zero-order valence-corrected chi connectivity index (χ0v) is 14.4. The molecule has 0 aromatic carbocycles. The van der Waals surface area contributed by atoms with Crippen LogP contribution in [0.3, 0.4) is 0 Å². The molecule has 1 saturated heterocycles. The first kappa shape index (κ1) is 16.3. The largest absolute Gasteiger partial charge is 0.379 e. The van der Waals surface area contributed by atoms with Gasteiger partial charge in [-0.1, -0.05) is 11.6 Å². The van der Waals surface area contributed by atoms with Crippen molar-refractivity contribution in [3.8, 4) is 0 Å². The fraction of sp³-hybridized carbons (Fsp3) is 0.647. The number of rotatable bonds is 4. The van der Waals surface area contributed by atoms with Crippen LogP contribution in [0.25, 0.3) is 0 Å². The summed E-state index contributed by atoms with van der Waals surface area (Å²) < 4.78 is 12.8. The van der Waals surface area contributed by atoms with Crippen LogP contribution in [0.5, 0.6) is 0 Å². The van der Waals surface area contributed by atoms with Gasteiger partial charge in [0.25, 0.3) is 5.91 Å². The van der Waals surface area contributed by atoms with Gasteiger partial charge in [-0.25, -0.2) is 0 Å². The van der Waals surface area contributed by atoms with Crippen LogP contribution in [0.4, 0.5) is 0 Å². The van der Waals surface area contributed by atoms with E-state index in [1.807, 2.05) is 17.6 Å². The van der Waals surface area contributed by atoms with Crippen molar-refractivity contribution in [3.63, 3.8) is 0 Å². The van der Waals surface area contributed by atoms with Crippen molar-refractivity contribution in [2.75, 3.05) is 13.2 Å². The van der Waals surface area contributed by atoms with Gasteiger partial charge >= 0.3 is 0 Å². The molecule has 0 radical (unpaired) electrons. The summed E-state index contributed by atoms with van der Waals surface area (Å²) in [6.07, 6.45) is 4.92. The van der Waals surface area contributed by atoms with Crippen LogP contribution in [0.15, 0.2) is 10.6 Å². The standard InChI is InChI=1S/C17H23N5O3/c1-11-7-13(25-21-11)8-12-9-24-10-14(12)18-17(23)16-20-19-15-5-3-2-4-6-22(15)16/h7,12,14H,2-6,8-10H2,1H3,(H,18,23)/t12-,14+/m1/s1. The van der Waals surface area contributed by atoms with Crippen molar-refractivity contribution in [3.05, 3.63) is 29.2 Å². The lowest BCUT2D eigenvalue weighted by atomic mass is 9.98. The van der Waals surface area contributed by atoms with Crippen LogP contribution in [-0.2, 0) is 24.1 Å². The van der Waals surface area contributed by atoms with Crippen molar-refractivity contribution in [1.29, 1.82) is 0 Å². The Morgan fingerprint density at radius 2 is 2.24 bits per heavy atom. The van der Waals surface area contributed by atoms with Crippen LogP contribution in [0, 0.1) is 12.8 Å². The number of hydrogen-bond donors (Lipinski definition) is 1. The van der Waals surface area contributed by atoms with Gasteiger partial charge in [-0.05, 0) is 19.8 Å². The predicted octanol–water partition coefficient (Wildman–Crippen LogP) is 1.29. The van der Waals surface area contributed by atoms with E-state index in [9.17, 15) is 4.79 Å². The van der Waals surface area contributed by atoms with Crippen LogP contribution in [0.1, 0.15) is 47.2 Å². The normalized spacial score (nSPS) is 23.2. The third kappa shape index (κ3) is 3.44.